The highest BCUT2D eigenvalue weighted by atomic mass is 15.2. The second-order valence-corrected chi connectivity index (χ2v) is 6.85. The van der Waals surface area contributed by atoms with Gasteiger partial charge in [-0.2, -0.15) is 0 Å². The van der Waals surface area contributed by atoms with E-state index in [0.717, 1.165) is 12.5 Å². The van der Waals surface area contributed by atoms with Crippen molar-refractivity contribution in [3.63, 3.8) is 0 Å². The van der Waals surface area contributed by atoms with Gasteiger partial charge in [-0.1, -0.05) is 60.7 Å². The fourth-order valence-corrected chi connectivity index (χ4v) is 4.16. The number of rotatable bonds is 4. The van der Waals surface area contributed by atoms with E-state index in [1.165, 1.54) is 36.2 Å². The van der Waals surface area contributed by atoms with Crippen molar-refractivity contribution in [1.82, 2.24) is 4.90 Å². The summed E-state index contributed by atoms with van der Waals surface area (Å²) in [6.45, 7) is 4.09. The van der Waals surface area contributed by atoms with Crippen LogP contribution in [0.2, 0.25) is 0 Å². The summed E-state index contributed by atoms with van der Waals surface area (Å²) in [4.78, 5) is 2.62. The van der Waals surface area contributed by atoms with Crippen LogP contribution in [0.3, 0.4) is 0 Å². The molecule has 0 saturated carbocycles. The molecule has 1 aliphatic heterocycles. The van der Waals surface area contributed by atoms with Gasteiger partial charge >= 0.3 is 0 Å². The summed E-state index contributed by atoms with van der Waals surface area (Å²) in [5, 5.41) is 0. The van der Waals surface area contributed by atoms with Crippen LogP contribution in [0.1, 0.15) is 23.1 Å². The van der Waals surface area contributed by atoms with Crippen LogP contribution in [-0.4, -0.2) is 18.0 Å². The Morgan fingerprint density at radius 3 is 2.61 bits per heavy atom. The lowest BCUT2D eigenvalue weighted by Crippen LogP contribution is -2.21. The molecule has 1 heterocycles. The summed E-state index contributed by atoms with van der Waals surface area (Å²) in [6.07, 6.45) is 3.68. The highest BCUT2D eigenvalue weighted by Crippen LogP contribution is 2.43. The predicted molar refractivity (Wildman–Crippen MR) is 95.6 cm³/mol. The fraction of sp³-hybridized carbons (Fsp3) is 0.333. The Bertz CT molecular complexity index is 705. The number of likely N-dealkylation sites (tertiary alicyclic amines) is 1. The Morgan fingerprint density at radius 1 is 0.957 bits per heavy atom. The van der Waals surface area contributed by atoms with E-state index >= 15 is 0 Å². The molecule has 1 aliphatic carbocycles. The zero-order chi connectivity index (χ0) is 15.6. The normalized spacial score (nSPS) is 23.8. The van der Waals surface area contributed by atoms with E-state index in [-0.39, 0.29) is 0 Å². The van der Waals surface area contributed by atoms with Gasteiger partial charge < -0.3 is 5.73 Å². The molecule has 2 nitrogen and oxygen atoms in total. The lowest BCUT2D eigenvalue weighted by Gasteiger charge is -2.18. The molecular weight excluding hydrogens is 280 g/mol. The summed E-state index contributed by atoms with van der Waals surface area (Å²) in [5.74, 6) is 1.47. The second-order valence-electron chi connectivity index (χ2n) is 6.85. The minimum absolute atomic E-state index is 0.620. The average Bonchev–Trinajstić information content (AvgIpc) is 3.16. The molecule has 118 valence electrons. The topological polar surface area (TPSA) is 29.3 Å². The predicted octanol–water partition coefficient (Wildman–Crippen LogP) is 3.68. The number of hydrogen-bond donors (Lipinski definition) is 1. The van der Waals surface area contributed by atoms with E-state index in [9.17, 15) is 0 Å². The second kappa shape index (κ2) is 6.31. The zero-order valence-electron chi connectivity index (χ0n) is 13.5. The van der Waals surface area contributed by atoms with Gasteiger partial charge in [0.2, 0.25) is 0 Å². The number of allylic oxidation sites excluding steroid dienone is 1. The van der Waals surface area contributed by atoms with Crippen molar-refractivity contribution in [1.29, 1.82) is 0 Å². The van der Waals surface area contributed by atoms with Gasteiger partial charge in [-0.05, 0) is 34.6 Å². The molecular formula is C21H24N2. The highest BCUT2D eigenvalue weighted by Gasteiger charge is 2.38. The van der Waals surface area contributed by atoms with E-state index in [2.05, 4.69) is 65.6 Å². The van der Waals surface area contributed by atoms with E-state index in [0.29, 0.717) is 12.5 Å². The summed E-state index contributed by atoms with van der Waals surface area (Å²) in [5.41, 5.74) is 11.4. The molecule has 2 unspecified atom stereocenters. The number of nitrogens with zero attached hydrogens (tertiary/aromatic N) is 1. The molecule has 23 heavy (non-hydrogen) atoms. The molecule has 2 heteroatoms. The van der Waals surface area contributed by atoms with Crippen LogP contribution in [0.15, 0.2) is 60.7 Å². The maximum atomic E-state index is 5.80. The van der Waals surface area contributed by atoms with Crippen molar-refractivity contribution in [3.8, 4) is 0 Å². The van der Waals surface area contributed by atoms with Gasteiger partial charge in [-0.3, -0.25) is 4.90 Å². The Morgan fingerprint density at radius 2 is 1.78 bits per heavy atom. The number of hydrogen-bond acceptors (Lipinski definition) is 2. The number of nitrogens with two attached hydrogens (primary N) is 1. The monoisotopic (exact) mass is 304 g/mol. The lowest BCUT2D eigenvalue weighted by molar-refractivity contribution is 0.315. The molecule has 2 aromatic rings. The van der Waals surface area contributed by atoms with Crippen molar-refractivity contribution in [2.45, 2.75) is 19.5 Å². The van der Waals surface area contributed by atoms with Crippen LogP contribution < -0.4 is 5.73 Å². The molecule has 0 amide bonds. The molecule has 0 spiro atoms. The first-order chi connectivity index (χ1) is 11.3. The van der Waals surface area contributed by atoms with E-state index in [4.69, 9.17) is 5.73 Å². The molecule has 0 bridgehead atoms. The van der Waals surface area contributed by atoms with Crippen LogP contribution >= 0.6 is 0 Å². The lowest BCUT2D eigenvalue weighted by atomic mass is 9.90. The van der Waals surface area contributed by atoms with Gasteiger partial charge in [0, 0.05) is 32.1 Å². The summed E-state index contributed by atoms with van der Waals surface area (Å²) in [7, 11) is 0. The number of benzene rings is 2. The molecule has 1 fully saturated rings. The van der Waals surface area contributed by atoms with Crippen LogP contribution in [0.5, 0.6) is 0 Å². The van der Waals surface area contributed by atoms with Crippen molar-refractivity contribution >= 4 is 5.57 Å². The maximum absolute atomic E-state index is 5.80. The molecule has 4 rings (SSSR count). The molecule has 0 aromatic heterocycles. The Hall–Kier alpha value is -1.90. The van der Waals surface area contributed by atoms with Crippen molar-refractivity contribution < 1.29 is 0 Å². The third kappa shape index (κ3) is 2.97. The molecule has 2 aromatic carbocycles. The Balaban J connectivity index is 1.49. The highest BCUT2D eigenvalue weighted by molar-refractivity contribution is 5.70. The smallest absolute Gasteiger partial charge is 0.0234 e. The van der Waals surface area contributed by atoms with Crippen molar-refractivity contribution in [3.05, 3.63) is 77.4 Å². The first kappa shape index (κ1) is 14.7. The van der Waals surface area contributed by atoms with Gasteiger partial charge in [0.25, 0.3) is 0 Å². The first-order valence-corrected chi connectivity index (χ1v) is 8.59. The molecule has 0 radical (unpaired) electrons. The third-order valence-corrected chi connectivity index (χ3v) is 5.30. The molecule has 2 aliphatic rings. The minimum Gasteiger partial charge on any atom is -0.326 e. The summed E-state index contributed by atoms with van der Waals surface area (Å²) < 4.78 is 0. The summed E-state index contributed by atoms with van der Waals surface area (Å²) >= 11 is 0. The summed E-state index contributed by atoms with van der Waals surface area (Å²) in [6, 6.07) is 19.6. The van der Waals surface area contributed by atoms with Gasteiger partial charge in [-0.15, -0.1) is 0 Å². The third-order valence-electron chi connectivity index (χ3n) is 5.30. The maximum Gasteiger partial charge on any atom is 0.0234 e. The van der Waals surface area contributed by atoms with Crippen LogP contribution in [-0.2, 0) is 13.1 Å². The SMILES string of the molecule is NCc1cccc(C2=CCC3CN(Cc4ccccc4)CC23)c1. The van der Waals surface area contributed by atoms with Crippen LogP contribution in [0.25, 0.3) is 5.57 Å². The van der Waals surface area contributed by atoms with Gasteiger partial charge in [-0.25, -0.2) is 0 Å². The molecule has 2 atom stereocenters. The first-order valence-electron chi connectivity index (χ1n) is 8.59. The molecule has 1 saturated heterocycles. The Kier molecular flexibility index (Phi) is 4.02. The molecule has 2 N–H and O–H groups in total. The zero-order valence-corrected chi connectivity index (χ0v) is 13.5. The van der Waals surface area contributed by atoms with E-state index < -0.39 is 0 Å². The minimum atomic E-state index is 0.620. The quantitative estimate of drug-likeness (QED) is 0.933. The average molecular weight is 304 g/mol. The van der Waals surface area contributed by atoms with Crippen LogP contribution in [0.4, 0.5) is 0 Å². The van der Waals surface area contributed by atoms with Crippen LogP contribution in [0, 0.1) is 11.8 Å². The van der Waals surface area contributed by atoms with Crippen molar-refractivity contribution in [2.24, 2.45) is 17.6 Å². The van der Waals surface area contributed by atoms with Gasteiger partial charge in [0.15, 0.2) is 0 Å². The standard InChI is InChI=1S/C21H24N2/c22-12-17-7-4-8-18(11-17)20-10-9-19-14-23(15-21(19)20)13-16-5-2-1-3-6-16/h1-8,10-11,19,21H,9,12-15,22H2. The fourth-order valence-electron chi connectivity index (χ4n) is 4.16. The Labute approximate surface area is 138 Å². The van der Waals surface area contributed by atoms with E-state index in [1.54, 1.807) is 5.57 Å². The van der Waals surface area contributed by atoms with Gasteiger partial charge in [0.05, 0.1) is 0 Å². The van der Waals surface area contributed by atoms with E-state index in [1.807, 2.05) is 0 Å². The largest absolute Gasteiger partial charge is 0.326 e. The van der Waals surface area contributed by atoms with Gasteiger partial charge in [0.1, 0.15) is 0 Å². The van der Waals surface area contributed by atoms with Crippen molar-refractivity contribution in [2.75, 3.05) is 13.1 Å². The number of fused-ring (bicyclic) bond motifs is 1.